The highest BCUT2D eigenvalue weighted by atomic mass is 19.4. The van der Waals surface area contributed by atoms with E-state index < -0.39 is 23.4 Å². The number of nitrogens with zero attached hydrogens (tertiary/aromatic N) is 2. The van der Waals surface area contributed by atoms with Gasteiger partial charge in [0.15, 0.2) is 0 Å². The monoisotopic (exact) mass is 371 g/mol. The van der Waals surface area contributed by atoms with Crippen molar-refractivity contribution in [2.45, 2.75) is 31.7 Å². The molecule has 7 nitrogen and oxygen atoms in total. The maximum Gasteiger partial charge on any atom is 0.420 e. The number of furan rings is 1. The summed E-state index contributed by atoms with van der Waals surface area (Å²) in [5.74, 6) is -2.03. The molecule has 26 heavy (non-hydrogen) atoms. The molecule has 0 saturated carbocycles. The Morgan fingerprint density at radius 3 is 2.81 bits per heavy atom. The summed E-state index contributed by atoms with van der Waals surface area (Å²) in [6.07, 6.45) is -2.58. The predicted molar refractivity (Wildman–Crippen MR) is 81.4 cm³/mol. The van der Waals surface area contributed by atoms with Gasteiger partial charge in [-0.3, -0.25) is 9.48 Å². The molecule has 0 spiro atoms. The largest absolute Gasteiger partial charge is 0.455 e. The standard InChI is InChI=1S/C16H16F3N3O4/c17-16(18,19)12-11-10(26-14(12)15(20)23)2-1-8-5-22(21-13(8)11)6-9-7-24-3-4-25-9/h5,9H,1-4,6-7H2,(H2,20,23)/t9-/m0/s1. The lowest BCUT2D eigenvalue weighted by Gasteiger charge is -2.22. The second-order valence-electron chi connectivity index (χ2n) is 6.26. The minimum Gasteiger partial charge on any atom is -0.455 e. The van der Waals surface area contributed by atoms with Crippen LogP contribution in [-0.2, 0) is 35.0 Å². The molecular formula is C16H16F3N3O4. The van der Waals surface area contributed by atoms with Crippen molar-refractivity contribution in [1.29, 1.82) is 0 Å². The highest BCUT2D eigenvalue weighted by Crippen LogP contribution is 2.45. The van der Waals surface area contributed by atoms with Crippen LogP contribution in [0.25, 0.3) is 11.3 Å². The summed E-state index contributed by atoms with van der Waals surface area (Å²) in [7, 11) is 0. The van der Waals surface area contributed by atoms with Crippen molar-refractivity contribution in [3.8, 4) is 11.3 Å². The lowest BCUT2D eigenvalue weighted by molar-refractivity contribution is -0.137. The predicted octanol–water partition coefficient (Wildman–Crippen LogP) is 1.77. The molecule has 1 atom stereocenters. The van der Waals surface area contributed by atoms with E-state index in [2.05, 4.69) is 5.10 Å². The zero-order valence-electron chi connectivity index (χ0n) is 13.6. The van der Waals surface area contributed by atoms with Gasteiger partial charge in [0.1, 0.15) is 17.4 Å². The second kappa shape index (κ2) is 6.13. The van der Waals surface area contributed by atoms with E-state index in [0.717, 1.165) is 0 Å². The van der Waals surface area contributed by atoms with Gasteiger partial charge in [-0.25, -0.2) is 0 Å². The van der Waals surface area contributed by atoms with Crippen molar-refractivity contribution in [1.82, 2.24) is 9.78 Å². The molecule has 0 bridgehead atoms. The van der Waals surface area contributed by atoms with Gasteiger partial charge in [0.2, 0.25) is 5.76 Å². The normalized spacial score (nSPS) is 19.9. The first-order chi connectivity index (χ1) is 12.3. The van der Waals surface area contributed by atoms with E-state index >= 15 is 0 Å². The van der Waals surface area contributed by atoms with E-state index in [1.807, 2.05) is 0 Å². The summed E-state index contributed by atoms with van der Waals surface area (Å²) in [5, 5.41) is 4.30. The first-order valence-electron chi connectivity index (χ1n) is 8.13. The van der Waals surface area contributed by atoms with Gasteiger partial charge in [0.05, 0.1) is 37.6 Å². The molecule has 140 valence electrons. The van der Waals surface area contributed by atoms with Gasteiger partial charge >= 0.3 is 6.18 Å². The summed E-state index contributed by atoms with van der Waals surface area (Å²) in [5.41, 5.74) is 4.58. The molecule has 4 rings (SSSR count). The molecule has 1 saturated heterocycles. The number of hydrogen-bond acceptors (Lipinski definition) is 5. The summed E-state index contributed by atoms with van der Waals surface area (Å²) < 4.78 is 58.3. The van der Waals surface area contributed by atoms with E-state index in [4.69, 9.17) is 19.6 Å². The van der Waals surface area contributed by atoms with E-state index in [1.165, 1.54) is 0 Å². The molecule has 2 aromatic heterocycles. The van der Waals surface area contributed by atoms with Crippen LogP contribution in [0.3, 0.4) is 0 Å². The highest BCUT2D eigenvalue weighted by Gasteiger charge is 2.44. The van der Waals surface area contributed by atoms with E-state index in [0.29, 0.717) is 38.3 Å². The third-order valence-corrected chi connectivity index (χ3v) is 4.46. The number of amides is 1. The lowest BCUT2D eigenvalue weighted by Crippen LogP contribution is -2.32. The van der Waals surface area contributed by atoms with Crippen LogP contribution >= 0.6 is 0 Å². The molecule has 1 aliphatic carbocycles. The summed E-state index contributed by atoms with van der Waals surface area (Å²) in [4.78, 5) is 11.4. The smallest absolute Gasteiger partial charge is 0.420 e. The molecule has 2 aliphatic rings. The third kappa shape index (κ3) is 2.88. The fraction of sp³-hybridized carbons (Fsp3) is 0.500. The van der Waals surface area contributed by atoms with Gasteiger partial charge in [0, 0.05) is 12.6 Å². The van der Waals surface area contributed by atoms with Crippen LogP contribution in [0, 0.1) is 0 Å². The molecule has 1 fully saturated rings. The number of carbonyl (C=O) groups excluding carboxylic acids is 1. The Morgan fingerprint density at radius 1 is 1.35 bits per heavy atom. The summed E-state index contributed by atoms with van der Waals surface area (Å²) >= 11 is 0. The second-order valence-corrected chi connectivity index (χ2v) is 6.26. The molecule has 0 radical (unpaired) electrons. The van der Waals surface area contributed by atoms with Crippen molar-refractivity contribution < 1.29 is 31.9 Å². The van der Waals surface area contributed by atoms with Gasteiger partial charge < -0.3 is 19.6 Å². The van der Waals surface area contributed by atoms with Gasteiger partial charge in [-0.1, -0.05) is 0 Å². The molecule has 1 amide bonds. The number of nitrogens with two attached hydrogens (primary N) is 1. The van der Waals surface area contributed by atoms with Gasteiger partial charge in [-0.05, 0) is 12.0 Å². The average Bonchev–Trinajstić information content (AvgIpc) is 3.15. The average molecular weight is 371 g/mol. The number of ether oxygens (including phenoxy) is 2. The first kappa shape index (κ1) is 17.1. The Morgan fingerprint density at radius 2 is 2.15 bits per heavy atom. The van der Waals surface area contributed by atoms with Crippen LogP contribution in [-0.4, -0.2) is 41.6 Å². The number of fused-ring (bicyclic) bond motifs is 3. The summed E-state index contributed by atoms with van der Waals surface area (Å²) in [6.45, 7) is 1.76. The SMILES string of the molecule is NC(=O)c1oc2c(c1C(F)(F)F)-c1nn(C[C@H]3COCCO3)cc1CC2. The van der Waals surface area contributed by atoms with Crippen molar-refractivity contribution in [2.24, 2.45) is 5.73 Å². The Bertz CT molecular complexity index is 850. The number of alkyl halides is 3. The van der Waals surface area contributed by atoms with Crippen molar-refractivity contribution >= 4 is 5.91 Å². The maximum absolute atomic E-state index is 13.6. The Kier molecular flexibility index (Phi) is 4.03. The maximum atomic E-state index is 13.6. The zero-order valence-corrected chi connectivity index (χ0v) is 13.6. The third-order valence-electron chi connectivity index (χ3n) is 4.46. The fourth-order valence-electron chi connectivity index (χ4n) is 3.40. The quantitative estimate of drug-likeness (QED) is 0.888. The zero-order chi connectivity index (χ0) is 18.5. The molecule has 10 heteroatoms. The van der Waals surface area contributed by atoms with E-state index in [-0.39, 0.29) is 29.5 Å². The van der Waals surface area contributed by atoms with Gasteiger partial charge in [-0.2, -0.15) is 18.3 Å². The number of hydrogen-bond donors (Lipinski definition) is 1. The molecule has 0 aromatic carbocycles. The van der Waals surface area contributed by atoms with E-state index in [9.17, 15) is 18.0 Å². The van der Waals surface area contributed by atoms with Crippen LogP contribution in [0.2, 0.25) is 0 Å². The number of halogens is 3. The minimum absolute atomic E-state index is 0.0844. The van der Waals surface area contributed by atoms with Crippen LogP contribution < -0.4 is 5.73 Å². The Balaban J connectivity index is 1.75. The van der Waals surface area contributed by atoms with Crippen LogP contribution in [0.4, 0.5) is 13.2 Å². The number of rotatable bonds is 3. The number of carbonyl (C=O) groups is 1. The van der Waals surface area contributed by atoms with Crippen LogP contribution in [0.1, 0.15) is 27.4 Å². The number of primary amides is 1. The molecule has 2 N–H and O–H groups in total. The molecule has 2 aromatic rings. The first-order valence-corrected chi connectivity index (χ1v) is 8.13. The number of aromatic nitrogens is 2. The fourth-order valence-corrected chi connectivity index (χ4v) is 3.40. The molecule has 1 aliphatic heterocycles. The Hall–Kier alpha value is -2.33. The Labute approximate surface area is 145 Å². The summed E-state index contributed by atoms with van der Waals surface area (Å²) in [6, 6.07) is 0. The van der Waals surface area contributed by atoms with Gasteiger partial charge in [-0.15, -0.1) is 0 Å². The van der Waals surface area contributed by atoms with E-state index in [1.54, 1.807) is 10.9 Å². The van der Waals surface area contributed by atoms with Gasteiger partial charge in [0.25, 0.3) is 5.91 Å². The van der Waals surface area contributed by atoms with Crippen molar-refractivity contribution in [3.63, 3.8) is 0 Å². The highest BCUT2D eigenvalue weighted by molar-refractivity contribution is 5.94. The van der Waals surface area contributed by atoms with Crippen LogP contribution in [0.5, 0.6) is 0 Å². The number of aryl methyl sites for hydroxylation is 2. The molecule has 0 unspecified atom stereocenters. The lowest BCUT2D eigenvalue weighted by atomic mass is 9.93. The minimum atomic E-state index is -4.78. The molecular weight excluding hydrogens is 355 g/mol. The van der Waals surface area contributed by atoms with Crippen LogP contribution in [0.15, 0.2) is 10.6 Å². The van der Waals surface area contributed by atoms with Crippen molar-refractivity contribution in [2.75, 3.05) is 19.8 Å². The topological polar surface area (TPSA) is 92.5 Å². The van der Waals surface area contributed by atoms with Crippen molar-refractivity contribution in [3.05, 3.63) is 28.8 Å². The molecule has 3 heterocycles.